The predicted octanol–water partition coefficient (Wildman–Crippen LogP) is 4.67. The molecular weight excluding hydrogens is 424 g/mol. The highest BCUT2D eigenvalue weighted by atomic mass is 32.2. The Balaban J connectivity index is 1.78. The minimum Gasteiger partial charge on any atom is -0.346 e. The van der Waals surface area contributed by atoms with Gasteiger partial charge in [0.25, 0.3) is 0 Å². The molecule has 1 heterocycles. The third-order valence-corrected chi connectivity index (χ3v) is 6.50. The highest BCUT2D eigenvalue weighted by Gasteiger charge is 2.13. The fraction of sp³-hybridized carbons (Fsp3) is 0.250. The number of hydrogen-bond acceptors (Lipinski definition) is 4. The van der Waals surface area contributed by atoms with Gasteiger partial charge in [0.05, 0.1) is 23.9 Å². The SMILES string of the molecule is CCCS(=O)(=O)Nc1cccc(NC(=O)/C=C/c2cn(CCC#N)c3ccccc23)c1C. The minimum atomic E-state index is -3.42. The predicted molar refractivity (Wildman–Crippen MR) is 129 cm³/mol. The van der Waals surface area contributed by atoms with Crippen molar-refractivity contribution in [2.75, 3.05) is 15.8 Å². The van der Waals surface area contributed by atoms with Crippen LogP contribution in [0.5, 0.6) is 0 Å². The van der Waals surface area contributed by atoms with E-state index in [9.17, 15) is 13.2 Å². The molecule has 0 atom stereocenters. The van der Waals surface area contributed by atoms with Crippen LogP contribution < -0.4 is 10.0 Å². The summed E-state index contributed by atoms with van der Waals surface area (Å²) in [5, 5.41) is 12.7. The van der Waals surface area contributed by atoms with E-state index < -0.39 is 10.0 Å². The summed E-state index contributed by atoms with van der Waals surface area (Å²) >= 11 is 0. The molecule has 0 saturated heterocycles. The van der Waals surface area contributed by atoms with Gasteiger partial charge in [0, 0.05) is 41.0 Å². The molecule has 0 saturated carbocycles. The number of nitrogens with zero attached hydrogens (tertiary/aromatic N) is 2. The first-order chi connectivity index (χ1) is 15.3. The Labute approximate surface area is 188 Å². The van der Waals surface area contributed by atoms with E-state index in [1.165, 1.54) is 6.08 Å². The van der Waals surface area contributed by atoms with E-state index >= 15 is 0 Å². The van der Waals surface area contributed by atoms with Crippen LogP contribution in [-0.2, 0) is 21.4 Å². The average Bonchev–Trinajstić information content (AvgIpc) is 3.11. The highest BCUT2D eigenvalue weighted by Crippen LogP contribution is 2.25. The van der Waals surface area contributed by atoms with Crippen LogP contribution in [0.15, 0.2) is 54.7 Å². The summed E-state index contributed by atoms with van der Waals surface area (Å²) in [7, 11) is -3.42. The van der Waals surface area contributed by atoms with Gasteiger partial charge in [-0.2, -0.15) is 5.26 Å². The first-order valence-corrected chi connectivity index (χ1v) is 12.0. The minimum absolute atomic E-state index is 0.0355. The molecule has 1 amide bonds. The summed E-state index contributed by atoms with van der Waals surface area (Å²) in [5.41, 5.74) is 3.51. The maximum absolute atomic E-state index is 12.6. The number of amides is 1. The van der Waals surface area contributed by atoms with E-state index in [1.54, 1.807) is 38.1 Å². The molecule has 166 valence electrons. The molecule has 8 heteroatoms. The number of carbonyl (C=O) groups excluding carboxylic acids is 1. The number of anilines is 2. The lowest BCUT2D eigenvalue weighted by Crippen LogP contribution is -2.17. The standard InChI is InChI=1S/C24H26N4O3S/c1-3-16-32(30,31)27-22-10-6-9-21(18(22)2)26-24(29)13-12-19-17-28(15-7-14-25)23-11-5-4-8-20(19)23/h4-6,8-13,17,27H,3,7,15-16H2,1-2H3,(H,26,29)/b13-12+. The smallest absolute Gasteiger partial charge is 0.248 e. The Bertz CT molecular complexity index is 1300. The third kappa shape index (κ3) is 5.56. The lowest BCUT2D eigenvalue weighted by molar-refractivity contribution is -0.111. The highest BCUT2D eigenvalue weighted by molar-refractivity contribution is 7.92. The number of nitrogens with one attached hydrogen (secondary N) is 2. The van der Waals surface area contributed by atoms with E-state index in [2.05, 4.69) is 16.1 Å². The van der Waals surface area contributed by atoms with Crippen LogP contribution in [0.1, 0.15) is 30.9 Å². The number of fused-ring (bicyclic) bond motifs is 1. The van der Waals surface area contributed by atoms with E-state index in [0.717, 1.165) is 16.5 Å². The zero-order valence-corrected chi connectivity index (χ0v) is 18.9. The van der Waals surface area contributed by atoms with Crippen molar-refractivity contribution >= 4 is 44.3 Å². The summed E-state index contributed by atoms with van der Waals surface area (Å²) < 4.78 is 28.8. The lowest BCUT2D eigenvalue weighted by atomic mass is 10.1. The van der Waals surface area contributed by atoms with Crippen LogP contribution >= 0.6 is 0 Å². The second-order valence-corrected chi connectivity index (χ2v) is 9.27. The molecule has 2 aromatic carbocycles. The zero-order chi connectivity index (χ0) is 23.1. The van der Waals surface area contributed by atoms with Crippen LogP contribution in [0.25, 0.3) is 17.0 Å². The van der Waals surface area contributed by atoms with Crippen LogP contribution in [0.3, 0.4) is 0 Å². The van der Waals surface area contributed by atoms with Crippen molar-refractivity contribution in [1.29, 1.82) is 5.26 Å². The Morgan fingerprint density at radius 3 is 2.66 bits per heavy atom. The maximum atomic E-state index is 12.6. The van der Waals surface area contributed by atoms with Gasteiger partial charge in [0.2, 0.25) is 15.9 Å². The van der Waals surface area contributed by atoms with Gasteiger partial charge in [-0.3, -0.25) is 9.52 Å². The Morgan fingerprint density at radius 1 is 1.16 bits per heavy atom. The van der Waals surface area contributed by atoms with E-state index in [-0.39, 0.29) is 11.7 Å². The molecule has 0 spiro atoms. The van der Waals surface area contributed by atoms with Gasteiger partial charge < -0.3 is 9.88 Å². The molecular formula is C24H26N4O3S. The van der Waals surface area contributed by atoms with Gasteiger partial charge in [-0.25, -0.2) is 8.42 Å². The molecule has 0 aliphatic carbocycles. The van der Waals surface area contributed by atoms with Gasteiger partial charge >= 0.3 is 0 Å². The fourth-order valence-electron chi connectivity index (χ4n) is 3.47. The Morgan fingerprint density at radius 2 is 1.91 bits per heavy atom. The van der Waals surface area contributed by atoms with Crippen molar-refractivity contribution in [2.24, 2.45) is 0 Å². The van der Waals surface area contributed by atoms with Gasteiger partial charge in [0.15, 0.2) is 0 Å². The molecule has 2 N–H and O–H groups in total. The fourth-order valence-corrected chi connectivity index (χ4v) is 4.67. The Hall–Kier alpha value is -3.57. The molecule has 7 nitrogen and oxygen atoms in total. The summed E-state index contributed by atoms with van der Waals surface area (Å²) in [6.07, 6.45) is 6.04. The maximum Gasteiger partial charge on any atom is 0.248 e. The first-order valence-electron chi connectivity index (χ1n) is 10.4. The summed E-state index contributed by atoms with van der Waals surface area (Å²) in [4.78, 5) is 12.6. The van der Waals surface area contributed by atoms with Crippen molar-refractivity contribution in [3.63, 3.8) is 0 Å². The van der Waals surface area contributed by atoms with Gasteiger partial charge in [-0.15, -0.1) is 0 Å². The molecule has 1 aromatic heterocycles. The van der Waals surface area contributed by atoms with E-state index in [1.807, 2.05) is 35.0 Å². The topological polar surface area (TPSA) is 104 Å². The first kappa shape index (κ1) is 23.1. The molecule has 3 aromatic rings. The summed E-state index contributed by atoms with van der Waals surface area (Å²) in [6.45, 7) is 4.14. The molecule has 0 fully saturated rings. The van der Waals surface area contributed by atoms with Crippen molar-refractivity contribution in [2.45, 2.75) is 33.2 Å². The van der Waals surface area contributed by atoms with Gasteiger partial charge in [-0.05, 0) is 43.2 Å². The molecule has 0 radical (unpaired) electrons. The molecule has 0 unspecified atom stereocenters. The summed E-state index contributed by atoms with van der Waals surface area (Å²) in [5.74, 6) is -0.288. The van der Waals surface area contributed by atoms with Crippen LogP contribution in [0.4, 0.5) is 11.4 Å². The average molecular weight is 451 g/mol. The van der Waals surface area contributed by atoms with Crippen molar-refractivity contribution in [3.05, 3.63) is 65.9 Å². The number of hydrogen-bond donors (Lipinski definition) is 2. The Kier molecular flexibility index (Phi) is 7.33. The van der Waals surface area contributed by atoms with E-state index in [0.29, 0.717) is 36.3 Å². The van der Waals surface area contributed by atoms with E-state index in [4.69, 9.17) is 5.26 Å². The second-order valence-electron chi connectivity index (χ2n) is 7.42. The van der Waals surface area contributed by atoms with Crippen molar-refractivity contribution in [3.8, 4) is 6.07 Å². The van der Waals surface area contributed by atoms with Crippen LogP contribution in [0, 0.1) is 18.3 Å². The molecule has 3 rings (SSSR count). The number of para-hydroxylation sites is 1. The van der Waals surface area contributed by atoms with Crippen LogP contribution in [0.2, 0.25) is 0 Å². The van der Waals surface area contributed by atoms with Crippen molar-refractivity contribution in [1.82, 2.24) is 4.57 Å². The number of nitriles is 1. The molecule has 0 aliphatic rings. The number of benzene rings is 2. The number of carbonyl (C=O) groups is 1. The number of aryl methyl sites for hydroxylation is 1. The van der Waals surface area contributed by atoms with Gasteiger partial charge in [0.1, 0.15) is 0 Å². The quantitative estimate of drug-likeness (QED) is 0.462. The number of rotatable bonds is 9. The van der Waals surface area contributed by atoms with Crippen molar-refractivity contribution < 1.29 is 13.2 Å². The van der Waals surface area contributed by atoms with Gasteiger partial charge in [-0.1, -0.05) is 31.2 Å². The molecule has 0 aliphatic heterocycles. The summed E-state index contributed by atoms with van der Waals surface area (Å²) in [6, 6.07) is 15.1. The number of sulfonamides is 1. The number of aromatic nitrogens is 1. The lowest BCUT2D eigenvalue weighted by Gasteiger charge is -2.13. The third-order valence-electron chi connectivity index (χ3n) is 5.03. The monoisotopic (exact) mass is 450 g/mol. The largest absolute Gasteiger partial charge is 0.346 e. The molecule has 32 heavy (non-hydrogen) atoms. The second kappa shape index (κ2) is 10.2. The zero-order valence-electron chi connectivity index (χ0n) is 18.1. The molecule has 0 bridgehead atoms. The van der Waals surface area contributed by atoms with Crippen LogP contribution in [-0.4, -0.2) is 24.6 Å². The normalized spacial score (nSPS) is 11.5.